The highest BCUT2D eigenvalue weighted by atomic mass is 16.5. The van der Waals surface area contributed by atoms with E-state index in [0.717, 1.165) is 25.2 Å². The molecule has 0 aliphatic carbocycles. The van der Waals surface area contributed by atoms with Crippen molar-refractivity contribution in [2.75, 3.05) is 24.5 Å². The molecular weight excluding hydrogens is 402 g/mol. The van der Waals surface area contributed by atoms with Gasteiger partial charge in [-0.05, 0) is 44.9 Å². The molecule has 0 spiro atoms. The van der Waals surface area contributed by atoms with Gasteiger partial charge in [0.25, 0.3) is 0 Å². The van der Waals surface area contributed by atoms with Crippen molar-refractivity contribution < 1.29 is 14.3 Å². The van der Waals surface area contributed by atoms with Crippen LogP contribution < -0.4 is 15.0 Å². The van der Waals surface area contributed by atoms with Gasteiger partial charge in [-0.25, -0.2) is 0 Å². The van der Waals surface area contributed by atoms with Gasteiger partial charge in [0, 0.05) is 38.5 Å². The number of anilines is 1. The molecule has 1 atom stereocenters. The van der Waals surface area contributed by atoms with Crippen molar-refractivity contribution in [2.45, 2.75) is 58.7 Å². The van der Waals surface area contributed by atoms with E-state index in [2.05, 4.69) is 48.3 Å². The maximum Gasteiger partial charge on any atom is 0.227 e. The Balaban J connectivity index is 1.39. The van der Waals surface area contributed by atoms with Gasteiger partial charge in [0.1, 0.15) is 11.9 Å². The molecule has 1 N–H and O–H groups in total. The summed E-state index contributed by atoms with van der Waals surface area (Å²) in [6.07, 6.45) is 1.20. The smallest absolute Gasteiger partial charge is 0.227 e. The number of benzene rings is 2. The summed E-state index contributed by atoms with van der Waals surface area (Å²) in [6.45, 7) is 9.26. The van der Waals surface area contributed by atoms with Crippen LogP contribution in [0.5, 0.6) is 5.75 Å². The van der Waals surface area contributed by atoms with Gasteiger partial charge in [-0.3, -0.25) is 14.5 Å². The molecule has 1 aliphatic rings. The highest BCUT2D eigenvalue weighted by Crippen LogP contribution is 2.33. The standard InChI is InChI=1S/C26H35N3O3/c1-20(2)28(19-22-10-5-4-6-11-22)17-9-16-27-25(30)14-15-26(31)29-18-21(3)32-24-13-8-7-12-23(24)29/h4-8,10-13,20-21H,9,14-19H2,1-3H3,(H,27,30)/t21-/m1/s1. The Hall–Kier alpha value is -2.86. The second-order valence-electron chi connectivity index (χ2n) is 8.65. The molecule has 0 radical (unpaired) electrons. The van der Waals surface area contributed by atoms with Gasteiger partial charge in [-0.15, -0.1) is 0 Å². The molecule has 2 amide bonds. The van der Waals surface area contributed by atoms with Crippen LogP contribution in [0.15, 0.2) is 54.6 Å². The van der Waals surface area contributed by atoms with Crippen LogP contribution in [-0.4, -0.2) is 48.5 Å². The van der Waals surface area contributed by atoms with E-state index in [-0.39, 0.29) is 30.8 Å². The van der Waals surface area contributed by atoms with Gasteiger partial charge in [0.05, 0.1) is 12.2 Å². The normalized spacial score (nSPS) is 15.4. The number of carbonyl (C=O) groups is 2. The highest BCUT2D eigenvalue weighted by Gasteiger charge is 2.27. The van der Waals surface area contributed by atoms with Crippen LogP contribution in [0.25, 0.3) is 0 Å². The summed E-state index contributed by atoms with van der Waals surface area (Å²) in [7, 11) is 0. The molecule has 0 fully saturated rings. The third-order valence-electron chi connectivity index (χ3n) is 5.69. The number of hydrogen-bond acceptors (Lipinski definition) is 4. The summed E-state index contributed by atoms with van der Waals surface area (Å²) < 4.78 is 5.80. The third kappa shape index (κ3) is 6.82. The molecule has 0 saturated carbocycles. The second-order valence-corrected chi connectivity index (χ2v) is 8.65. The number of ether oxygens (including phenoxy) is 1. The average molecular weight is 438 g/mol. The van der Waals surface area contributed by atoms with E-state index in [1.807, 2.05) is 37.3 Å². The number of fused-ring (bicyclic) bond motifs is 1. The van der Waals surface area contributed by atoms with E-state index in [1.54, 1.807) is 4.90 Å². The van der Waals surface area contributed by atoms with Crippen molar-refractivity contribution in [3.8, 4) is 5.75 Å². The minimum Gasteiger partial charge on any atom is -0.487 e. The summed E-state index contributed by atoms with van der Waals surface area (Å²) in [6, 6.07) is 18.4. The summed E-state index contributed by atoms with van der Waals surface area (Å²) in [5.41, 5.74) is 2.07. The first-order chi connectivity index (χ1) is 15.4. The highest BCUT2D eigenvalue weighted by molar-refractivity contribution is 5.97. The largest absolute Gasteiger partial charge is 0.487 e. The van der Waals surface area contributed by atoms with E-state index < -0.39 is 0 Å². The zero-order valence-electron chi connectivity index (χ0n) is 19.4. The Kier molecular flexibility index (Phi) is 8.68. The summed E-state index contributed by atoms with van der Waals surface area (Å²) in [5.74, 6) is 0.595. The van der Waals surface area contributed by atoms with Crippen molar-refractivity contribution >= 4 is 17.5 Å². The number of para-hydroxylation sites is 2. The van der Waals surface area contributed by atoms with E-state index in [0.29, 0.717) is 24.9 Å². The maximum atomic E-state index is 12.8. The molecular formula is C26H35N3O3. The fraction of sp³-hybridized carbons (Fsp3) is 0.462. The lowest BCUT2D eigenvalue weighted by molar-refractivity contribution is -0.125. The van der Waals surface area contributed by atoms with E-state index in [1.165, 1.54) is 5.56 Å². The number of nitrogens with one attached hydrogen (secondary N) is 1. The molecule has 0 saturated heterocycles. The SMILES string of the molecule is CC(C)N(CCCNC(=O)CCC(=O)N1C[C@@H](C)Oc2ccccc21)Cc1ccccc1. The topological polar surface area (TPSA) is 61.9 Å². The Labute approximate surface area is 191 Å². The monoisotopic (exact) mass is 437 g/mol. The molecule has 0 unspecified atom stereocenters. The minimum atomic E-state index is -0.0768. The van der Waals surface area contributed by atoms with Crippen LogP contribution >= 0.6 is 0 Å². The number of hydrogen-bond donors (Lipinski definition) is 1. The second kappa shape index (κ2) is 11.7. The molecule has 3 rings (SSSR count). The first-order valence-corrected chi connectivity index (χ1v) is 11.5. The first-order valence-electron chi connectivity index (χ1n) is 11.5. The fourth-order valence-electron chi connectivity index (χ4n) is 3.92. The van der Waals surface area contributed by atoms with Crippen LogP contribution in [-0.2, 0) is 16.1 Å². The van der Waals surface area contributed by atoms with Crippen molar-refractivity contribution in [1.82, 2.24) is 10.2 Å². The summed E-state index contributed by atoms with van der Waals surface area (Å²) >= 11 is 0. The van der Waals surface area contributed by atoms with Gasteiger partial charge in [-0.1, -0.05) is 42.5 Å². The van der Waals surface area contributed by atoms with E-state index in [4.69, 9.17) is 4.74 Å². The van der Waals surface area contributed by atoms with Gasteiger partial charge in [-0.2, -0.15) is 0 Å². The average Bonchev–Trinajstić information content (AvgIpc) is 2.79. The Morgan fingerprint density at radius 3 is 2.56 bits per heavy atom. The van der Waals surface area contributed by atoms with Crippen LogP contribution in [0.4, 0.5) is 5.69 Å². The molecule has 2 aromatic rings. The predicted octanol–water partition coefficient (Wildman–Crippen LogP) is 4.00. The van der Waals surface area contributed by atoms with E-state index in [9.17, 15) is 9.59 Å². The van der Waals surface area contributed by atoms with Crippen molar-refractivity contribution in [3.05, 3.63) is 60.2 Å². The summed E-state index contributed by atoms with van der Waals surface area (Å²) in [4.78, 5) is 29.2. The molecule has 2 aromatic carbocycles. The van der Waals surface area contributed by atoms with Gasteiger partial charge >= 0.3 is 0 Å². The molecule has 6 nitrogen and oxygen atoms in total. The Morgan fingerprint density at radius 2 is 1.81 bits per heavy atom. The van der Waals surface area contributed by atoms with E-state index >= 15 is 0 Å². The number of amides is 2. The lowest BCUT2D eigenvalue weighted by Gasteiger charge is -2.33. The molecule has 1 heterocycles. The molecule has 0 aromatic heterocycles. The molecule has 32 heavy (non-hydrogen) atoms. The minimum absolute atomic E-state index is 0.0448. The van der Waals surface area contributed by atoms with Gasteiger partial charge < -0.3 is 15.0 Å². The van der Waals surface area contributed by atoms with Crippen LogP contribution in [0.2, 0.25) is 0 Å². The molecule has 1 aliphatic heterocycles. The van der Waals surface area contributed by atoms with Crippen molar-refractivity contribution in [1.29, 1.82) is 0 Å². The van der Waals surface area contributed by atoms with Crippen molar-refractivity contribution in [2.24, 2.45) is 0 Å². The van der Waals surface area contributed by atoms with Crippen LogP contribution in [0, 0.1) is 0 Å². The number of rotatable bonds is 10. The fourth-order valence-corrected chi connectivity index (χ4v) is 3.92. The summed E-state index contributed by atoms with van der Waals surface area (Å²) in [5, 5.41) is 2.97. The Morgan fingerprint density at radius 1 is 1.09 bits per heavy atom. The maximum absolute atomic E-state index is 12.8. The zero-order valence-corrected chi connectivity index (χ0v) is 19.4. The predicted molar refractivity (Wildman–Crippen MR) is 128 cm³/mol. The lowest BCUT2D eigenvalue weighted by Crippen LogP contribution is -2.42. The number of nitrogens with zero attached hydrogens (tertiary/aromatic N) is 2. The first kappa shape index (κ1) is 23.8. The lowest BCUT2D eigenvalue weighted by atomic mass is 10.1. The number of carbonyl (C=O) groups excluding carboxylic acids is 2. The van der Waals surface area contributed by atoms with Gasteiger partial charge in [0.2, 0.25) is 11.8 Å². The van der Waals surface area contributed by atoms with Gasteiger partial charge in [0.15, 0.2) is 0 Å². The molecule has 6 heteroatoms. The molecule has 0 bridgehead atoms. The third-order valence-corrected chi connectivity index (χ3v) is 5.69. The van der Waals surface area contributed by atoms with Crippen molar-refractivity contribution in [3.63, 3.8) is 0 Å². The Bertz CT molecular complexity index is 885. The molecule has 172 valence electrons. The van der Waals surface area contributed by atoms with Crippen LogP contribution in [0.1, 0.15) is 45.6 Å². The quantitative estimate of drug-likeness (QED) is 0.571. The van der Waals surface area contributed by atoms with Crippen LogP contribution in [0.3, 0.4) is 0 Å². The zero-order chi connectivity index (χ0) is 22.9.